The highest BCUT2D eigenvalue weighted by atomic mass is 16.5. The van der Waals surface area contributed by atoms with E-state index in [1.807, 2.05) is 6.92 Å². The summed E-state index contributed by atoms with van der Waals surface area (Å²) in [6, 6.07) is 0. The van der Waals surface area contributed by atoms with Crippen LogP contribution in [0, 0.1) is 34.5 Å². The second-order valence-corrected chi connectivity index (χ2v) is 10.8. The fourth-order valence-corrected chi connectivity index (χ4v) is 8.37. The monoisotopic (exact) mass is 390 g/mol. The van der Waals surface area contributed by atoms with E-state index in [0.29, 0.717) is 31.3 Å². The van der Waals surface area contributed by atoms with E-state index in [9.17, 15) is 20.1 Å². The molecule has 0 radical (unpaired) electrons. The van der Waals surface area contributed by atoms with Crippen LogP contribution in [0.5, 0.6) is 0 Å². The molecule has 4 fully saturated rings. The van der Waals surface area contributed by atoms with Crippen LogP contribution in [0.3, 0.4) is 0 Å². The molecule has 0 bridgehead atoms. The van der Waals surface area contributed by atoms with E-state index in [1.165, 1.54) is 0 Å². The number of cyclic esters (lactones) is 1. The molecule has 9 atom stereocenters. The predicted molar refractivity (Wildman–Crippen MR) is 103 cm³/mol. The van der Waals surface area contributed by atoms with Crippen LogP contribution in [0.15, 0.2) is 11.6 Å². The smallest absolute Gasteiger partial charge is 0.331 e. The number of hydrogen-bond acceptors (Lipinski definition) is 5. The summed E-state index contributed by atoms with van der Waals surface area (Å²) < 4.78 is 5.16. The first-order chi connectivity index (χ1) is 13.2. The first kappa shape index (κ1) is 19.1. The van der Waals surface area contributed by atoms with Gasteiger partial charge in [-0.1, -0.05) is 13.8 Å². The predicted octanol–water partition coefficient (Wildman–Crippen LogP) is 2.58. The second-order valence-electron chi connectivity index (χ2n) is 10.8. The molecule has 5 aliphatic rings. The molecule has 5 nitrogen and oxygen atoms in total. The largest absolute Gasteiger partial charge is 0.458 e. The van der Waals surface area contributed by atoms with Crippen LogP contribution >= 0.6 is 0 Å². The van der Waals surface area contributed by atoms with Gasteiger partial charge in [0.2, 0.25) is 0 Å². The third-order valence-corrected chi connectivity index (χ3v) is 10.0. The Morgan fingerprint density at radius 2 is 1.82 bits per heavy atom. The summed E-state index contributed by atoms with van der Waals surface area (Å²) in [5.74, 6) is 0.657. The minimum absolute atomic E-state index is 0.00129. The Labute approximate surface area is 167 Å². The summed E-state index contributed by atoms with van der Waals surface area (Å²) in [5.41, 5.74) is -0.507. The minimum Gasteiger partial charge on any atom is -0.458 e. The van der Waals surface area contributed by atoms with Crippen molar-refractivity contribution < 1.29 is 24.9 Å². The van der Waals surface area contributed by atoms with Crippen molar-refractivity contribution in [2.45, 2.75) is 83.0 Å². The van der Waals surface area contributed by atoms with E-state index in [-0.39, 0.29) is 29.3 Å². The third-order valence-electron chi connectivity index (χ3n) is 10.0. The lowest BCUT2D eigenvalue weighted by atomic mass is 9.42. The molecule has 4 aliphatic carbocycles. The van der Waals surface area contributed by atoms with Gasteiger partial charge in [0, 0.05) is 11.5 Å². The highest BCUT2D eigenvalue weighted by molar-refractivity contribution is 5.85. The number of aliphatic hydroxyl groups is 3. The van der Waals surface area contributed by atoms with Gasteiger partial charge in [0.15, 0.2) is 0 Å². The Bertz CT molecular complexity index is 718. The number of esters is 1. The van der Waals surface area contributed by atoms with Crippen molar-refractivity contribution in [2.24, 2.45) is 34.5 Å². The Kier molecular flexibility index (Phi) is 4.12. The zero-order valence-corrected chi connectivity index (χ0v) is 17.1. The lowest BCUT2D eigenvalue weighted by Gasteiger charge is -2.64. The Morgan fingerprint density at radius 3 is 2.54 bits per heavy atom. The molecule has 3 N–H and O–H groups in total. The van der Waals surface area contributed by atoms with Crippen LogP contribution < -0.4 is 0 Å². The fraction of sp³-hybridized carbons (Fsp3) is 0.870. The zero-order valence-electron chi connectivity index (χ0n) is 17.1. The number of carbonyl (C=O) groups excluding carboxylic acids is 1. The summed E-state index contributed by atoms with van der Waals surface area (Å²) in [6.45, 7) is 4.69. The van der Waals surface area contributed by atoms with Gasteiger partial charge in [-0.3, -0.25) is 0 Å². The number of aliphatic hydroxyl groups excluding tert-OH is 2. The van der Waals surface area contributed by atoms with Gasteiger partial charge < -0.3 is 20.1 Å². The maximum absolute atomic E-state index is 12.1. The molecule has 28 heavy (non-hydrogen) atoms. The molecular weight excluding hydrogens is 356 g/mol. The van der Waals surface area contributed by atoms with Crippen LogP contribution in [0.25, 0.3) is 0 Å². The average molecular weight is 391 g/mol. The maximum Gasteiger partial charge on any atom is 0.331 e. The van der Waals surface area contributed by atoms with Crippen LogP contribution in [0.4, 0.5) is 0 Å². The van der Waals surface area contributed by atoms with Gasteiger partial charge >= 0.3 is 5.97 Å². The van der Waals surface area contributed by atoms with E-state index in [1.54, 1.807) is 6.08 Å². The lowest BCUT2D eigenvalue weighted by molar-refractivity contribution is -0.244. The van der Waals surface area contributed by atoms with Gasteiger partial charge in [-0.2, -0.15) is 0 Å². The second kappa shape index (κ2) is 6.05. The zero-order chi connectivity index (χ0) is 19.9. The molecule has 0 aromatic rings. The molecule has 5 heteroatoms. The molecule has 0 saturated heterocycles. The van der Waals surface area contributed by atoms with Crippen LogP contribution in [0.1, 0.15) is 65.2 Å². The van der Waals surface area contributed by atoms with Gasteiger partial charge in [0.05, 0.1) is 17.8 Å². The molecule has 0 spiro atoms. The first-order valence-corrected chi connectivity index (χ1v) is 11.2. The van der Waals surface area contributed by atoms with E-state index >= 15 is 0 Å². The maximum atomic E-state index is 12.1. The Morgan fingerprint density at radius 1 is 1.04 bits per heavy atom. The molecule has 4 unspecified atom stereocenters. The third kappa shape index (κ3) is 2.27. The Balaban J connectivity index is 1.51. The molecule has 0 aromatic carbocycles. The van der Waals surface area contributed by atoms with Crippen molar-refractivity contribution in [1.29, 1.82) is 0 Å². The number of hydrogen-bond donors (Lipinski definition) is 3. The average Bonchev–Trinajstić information content (AvgIpc) is 3.19. The topological polar surface area (TPSA) is 87.0 Å². The summed E-state index contributed by atoms with van der Waals surface area (Å²) in [4.78, 5) is 11.6. The van der Waals surface area contributed by atoms with Gasteiger partial charge in [0.1, 0.15) is 6.61 Å². The van der Waals surface area contributed by atoms with Crippen molar-refractivity contribution in [2.75, 3.05) is 6.61 Å². The van der Waals surface area contributed by atoms with Crippen LogP contribution in [0.2, 0.25) is 0 Å². The minimum atomic E-state index is -0.906. The molecule has 1 heterocycles. The van der Waals surface area contributed by atoms with Gasteiger partial charge in [-0.25, -0.2) is 4.79 Å². The number of rotatable bonds is 1. The quantitative estimate of drug-likeness (QED) is 0.599. The summed E-state index contributed by atoms with van der Waals surface area (Å²) >= 11 is 0. The van der Waals surface area contributed by atoms with Gasteiger partial charge in [-0.15, -0.1) is 0 Å². The van der Waals surface area contributed by atoms with Crippen molar-refractivity contribution >= 4 is 5.97 Å². The molecule has 0 aromatic heterocycles. The Hall–Kier alpha value is -0.910. The van der Waals surface area contributed by atoms with Gasteiger partial charge in [0.25, 0.3) is 0 Å². The standard InChI is InChI=1S/C23H34O5/c1-21-7-5-15(24)10-14(21)3-4-17-18(21)11-19(25)22(2)16(6-8-23(17,22)27)13-9-20(26)28-12-13/h9,14-19,24-25,27H,3-8,10-12H2,1-2H3/t14?,15-,16+,17?,18?,19+,21-,22-,23?/m0/s1. The van der Waals surface area contributed by atoms with E-state index in [4.69, 9.17) is 4.74 Å². The summed E-state index contributed by atoms with van der Waals surface area (Å²) in [5, 5.41) is 33.7. The number of carbonyl (C=O) groups is 1. The summed E-state index contributed by atoms with van der Waals surface area (Å²) in [7, 11) is 0. The highest BCUT2D eigenvalue weighted by Crippen LogP contribution is 2.69. The highest BCUT2D eigenvalue weighted by Gasteiger charge is 2.70. The molecular formula is C23H34O5. The number of fused-ring (bicyclic) bond motifs is 5. The van der Waals surface area contributed by atoms with Crippen LogP contribution in [-0.2, 0) is 9.53 Å². The van der Waals surface area contributed by atoms with Crippen molar-refractivity contribution in [3.05, 3.63) is 11.6 Å². The normalized spacial score (nSPS) is 55.8. The number of ether oxygens (including phenoxy) is 1. The lowest BCUT2D eigenvalue weighted by Crippen LogP contribution is -2.67. The molecule has 0 amide bonds. The molecule has 1 aliphatic heterocycles. The van der Waals surface area contributed by atoms with Gasteiger partial charge in [-0.05, 0) is 86.0 Å². The van der Waals surface area contributed by atoms with E-state index in [2.05, 4.69) is 6.92 Å². The van der Waals surface area contributed by atoms with Crippen molar-refractivity contribution in [1.82, 2.24) is 0 Å². The molecule has 5 rings (SSSR count). The van der Waals surface area contributed by atoms with E-state index < -0.39 is 17.1 Å². The fourth-order valence-electron chi connectivity index (χ4n) is 8.37. The van der Waals surface area contributed by atoms with Crippen molar-refractivity contribution in [3.63, 3.8) is 0 Å². The molecule has 156 valence electrons. The van der Waals surface area contributed by atoms with E-state index in [0.717, 1.165) is 44.1 Å². The van der Waals surface area contributed by atoms with Crippen LogP contribution in [-0.4, -0.2) is 45.7 Å². The first-order valence-electron chi connectivity index (χ1n) is 11.2. The summed E-state index contributed by atoms with van der Waals surface area (Å²) in [6.07, 6.45) is 7.69. The molecule has 4 saturated carbocycles. The SMILES string of the molecule is C[C@]12CC[C@H](O)CC1CCC1C2C[C@@H](O)[C@]2(C)[C@@H](C3=CC(=O)OC3)CCC12O. The van der Waals surface area contributed by atoms with Crippen molar-refractivity contribution in [3.8, 4) is 0 Å².